The van der Waals surface area contributed by atoms with Crippen molar-refractivity contribution in [2.75, 3.05) is 13.1 Å². The maximum absolute atomic E-state index is 15.3. The van der Waals surface area contributed by atoms with Gasteiger partial charge in [0.2, 0.25) is 17.7 Å². The van der Waals surface area contributed by atoms with Crippen LogP contribution in [0, 0.1) is 39.4 Å². The molecule has 0 saturated carbocycles. The van der Waals surface area contributed by atoms with Gasteiger partial charge in [-0.1, -0.05) is 61.8 Å². The smallest absolute Gasteiger partial charge is 0.248 e. The van der Waals surface area contributed by atoms with E-state index in [9.17, 15) is 19.5 Å². The summed E-state index contributed by atoms with van der Waals surface area (Å²) in [5, 5.41) is 33.9. The number of aryl methyl sites for hydroxylation is 3. The highest BCUT2D eigenvalue weighted by Gasteiger charge is 2.43. The molecule has 6 atom stereocenters. The molecule has 9 rings (SSSR count). The largest absolute Gasteiger partial charge is 0.489 e. The van der Waals surface area contributed by atoms with E-state index in [1.807, 2.05) is 80.8 Å². The Morgan fingerprint density at radius 1 is 0.931 bits per heavy atom. The summed E-state index contributed by atoms with van der Waals surface area (Å²) in [4.78, 5) is 51.0. The van der Waals surface area contributed by atoms with Gasteiger partial charge in [0.25, 0.3) is 0 Å². The third-order valence-electron chi connectivity index (χ3n) is 13.4. The van der Waals surface area contributed by atoms with Crippen LogP contribution in [-0.4, -0.2) is 89.3 Å². The second-order valence-corrected chi connectivity index (χ2v) is 21.7. The fourth-order valence-corrected chi connectivity index (χ4v) is 11.8. The Hall–Kier alpha value is -6.53. The molecule has 72 heavy (non-hydrogen) atoms. The number of ether oxygens (including phenoxy) is 1. The molecule has 3 amide bonds. The van der Waals surface area contributed by atoms with E-state index in [0.29, 0.717) is 27.8 Å². The topological polar surface area (TPSA) is 169 Å². The summed E-state index contributed by atoms with van der Waals surface area (Å²) in [6.07, 6.45) is 1.87. The molecule has 0 bridgehead atoms. The molecule has 0 radical (unpaired) electrons. The molecule has 374 valence electrons. The average molecular weight is 1030 g/mol. The molecule has 3 N–H and O–H groups in total. The van der Waals surface area contributed by atoms with Gasteiger partial charge >= 0.3 is 0 Å². The number of benzene rings is 3. The van der Waals surface area contributed by atoms with Crippen LogP contribution in [0.3, 0.4) is 0 Å². The van der Waals surface area contributed by atoms with Gasteiger partial charge in [0.15, 0.2) is 5.82 Å². The van der Waals surface area contributed by atoms with Gasteiger partial charge in [-0.2, -0.15) is 5.10 Å². The molecule has 2 aliphatic rings. The zero-order valence-corrected chi connectivity index (χ0v) is 43.7. The van der Waals surface area contributed by atoms with Gasteiger partial charge in [-0.05, 0) is 111 Å². The van der Waals surface area contributed by atoms with E-state index in [1.54, 1.807) is 48.1 Å². The Kier molecular flexibility index (Phi) is 14.6. The molecule has 3 aromatic carbocycles. The van der Waals surface area contributed by atoms with Crippen molar-refractivity contribution in [3.63, 3.8) is 0 Å². The van der Waals surface area contributed by atoms with Crippen molar-refractivity contribution < 1.29 is 28.6 Å². The zero-order chi connectivity index (χ0) is 51.1. The predicted octanol–water partition coefficient (Wildman–Crippen LogP) is 9.85. The monoisotopic (exact) mass is 1030 g/mol. The van der Waals surface area contributed by atoms with E-state index in [4.69, 9.17) is 21.3 Å². The van der Waals surface area contributed by atoms with Crippen LogP contribution in [0.15, 0.2) is 95.6 Å². The van der Waals surface area contributed by atoms with E-state index in [1.165, 1.54) is 32.2 Å². The number of hydrogen-bond donors (Lipinski definition) is 3. The molecule has 0 aliphatic carbocycles. The molecule has 0 spiro atoms. The maximum atomic E-state index is 15.3. The predicted molar refractivity (Wildman–Crippen MR) is 280 cm³/mol. The highest BCUT2D eigenvalue weighted by atomic mass is 35.5. The number of thiophene rings is 2. The molecular formula is C54H57ClFN9O5S2. The van der Waals surface area contributed by atoms with Gasteiger partial charge in [-0.15, -0.1) is 32.9 Å². The molecule has 4 aromatic heterocycles. The third kappa shape index (κ3) is 10.4. The van der Waals surface area contributed by atoms with Crippen LogP contribution in [-0.2, 0) is 14.4 Å². The molecule has 2 aliphatic heterocycles. The lowest BCUT2D eigenvalue weighted by atomic mass is 9.99. The van der Waals surface area contributed by atoms with E-state index in [0.717, 1.165) is 43.4 Å². The molecule has 14 nitrogen and oxygen atoms in total. The Morgan fingerprint density at radius 3 is 2.38 bits per heavy atom. The minimum atomic E-state index is -0.887. The number of fused-ring (bicyclic) bond motifs is 3. The number of amides is 3. The quantitative estimate of drug-likeness (QED) is 0.0912. The van der Waals surface area contributed by atoms with Gasteiger partial charge in [-0.25, -0.2) is 4.39 Å². The molecule has 7 aromatic rings. The number of hydrogen-bond acceptors (Lipinski definition) is 11. The number of nitrogens with one attached hydrogen (secondary N) is 2. The number of rotatable bonds is 15. The minimum absolute atomic E-state index is 0.00124. The van der Waals surface area contributed by atoms with Crippen molar-refractivity contribution in [2.24, 2.45) is 10.9 Å². The summed E-state index contributed by atoms with van der Waals surface area (Å²) >= 11 is 9.59. The Bertz CT molecular complexity index is 3180. The van der Waals surface area contributed by atoms with Crippen LogP contribution >= 0.6 is 34.3 Å². The average Bonchev–Trinajstić information content (AvgIpc) is 4.19. The van der Waals surface area contributed by atoms with Crippen LogP contribution in [0.2, 0.25) is 5.02 Å². The second kappa shape index (κ2) is 20.9. The first kappa shape index (κ1) is 50.4. The SMILES string of the molecule is Cc1ccsc1-c1ccc([C@H](C)NC(=O)[C@@H]2C[C@@H](O)CN2C(=O)C(C(C)C)n2cc(-c3cc(F)cc(O[C@@H](C)CNC(=O)C[C@@H]4N=C(c5ccc(Cl)cc5)c5c(sc(C)c5C)-n5c(C)nnc54)c3)cn2)cc1. The fourth-order valence-electron chi connectivity index (χ4n) is 9.51. The number of halogens is 2. The van der Waals surface area contributed by atoms with Gasteiger partial charge in [0, 0.05) is 56.7 Å². The van der Waals surface area contributed by atoms with Gasteiger partial charge in [0.05, 0.1) is 37.0 Å². The lowest BCUT2D eigenvalue weighted by molar-refractivity contribution is -0.142. The highest BCUT2D eigenvalue weighted by Crippen LogP contribution is 2.40. The van der Waals surface area contributed by atoms with Crippen LogP contribution in [0.1, 0.15) is 103 Å². The summed E-state index contributed by atoms with van der Waals surface area (Å²) < 4.78 is 25.0. The number of aromatic nitrogens is 5. The third-order valence-corrected chi connectivity index (χ3v) is 15.9. The van der Waals surface area contributed by atoms with Gasteiger partial charge in [0.1, 0.15) is 46.6 Å². The number of aliphatic imine (C=N–C) groups is 1. The summed E-state index contributed by atoms with van der Waals surface area (Å²) in [5.74, 6) is -0.310. The molecule has 18 heteroatoms. The van der Waals surface area contributed by atoms with E-state index in [2.05, 4.69) is 58.1 Å². The van der Waals surface area contributed by atoms with E-state index >= 15 is 4.39 Å². The van der Waals surface area contributed by atoms with Crippen molar-refractivity contribution in [3.8, 4) is 32.3 Å². The molecule has 6 heterocycles. The van der Waals surface area contributed by atoms with Crippen molar-refractivity contribution in [2.45, 2.75) is 105 Å². The Labute approximate surface area is 430 Å². The molecule has 1 unspecified atom stereocenters. The summed E-state index contributed by atoms with van der Waals surface area (Å²) in [6, 6.07) is 19.3. The highest BCUT2D eigenvalue weighted by molar-refractivity contribution is 7.15. The summed E-state index contributed by atoms with van der Waals surface area (Å²) in [5.41, 5.74) is 7.90. The van der Waals surface area contributed by atoms with Crippen molar-refractivity contribution in [3.05, 3.63) is 146 Å². The number of β-amino-alcohol motifs (C(OH)–C–C–N with tert-alkyl or cyclic N) is 1. The summed E-state index contributed by atoms with van der Waals surface area (Å²) in [7, 11) is 0. The van der Waals surface area contributed by atoms with Crippen LogP contribution in [0.4, 0.5) is 4.39 Å². The normalized spacial score (nSPS) is 17.7. The zero-order valence-electron chi connectivity index (χ0n) is 41.3. The lowest BCUT2D eigenvalue weighted by Crippen LogP contribution is -2.49. The minimum Gasteiger partial charge on any atom is -0.489 e. The maximum Gasteiger partial charge on any atom is 0.248 e. The Balaban J connectivity index is 0.850. The number of carbonyl (C=O) groups is 3. The number of aliphatic hydroxyl groups is 1. The number of aliphatic hydroxyl groups excluding tert-OH is 1. The van der Waals surface area contributed by atoms with Crippen molar-refractivity contribution in [1.29, 1.82) is 0 Å². The van der Waals surface area contributed by atoms with Crippen LogP contribution < -0.4 is 15.4 Å². The van der Waals surface area contributed by atoms with E-state index < -0.39 is 36.2 Å². The Morgan fingerprint density at radius 2 is 1.67 bits per heavy atom. The first-order valence-electron chi connectivity index (χ1n) is 24.0. The van der Waals surface area contributed by atoms with Crippen LogP contribution in [0.5, 0.6) is 5.75 Å². The number of carbonyl (C=O) groups excluding carboxylic acids is 3. The lowest BCUT2D eigenvalue weighted by Gasteiger charge is -2.30. The fraction of sp³-hybridized carbons (Fsp3) is 0.352. The van der Waals surface area contributed by atoms with Crippen molar-refractivity contribution in [1.82, 2.24) is 40.1 Å². The number of nitrogens with zero attached hydrogens (tertiary/aromatic N) is 7. The van der Waals surface area contributed by atoms with E-state index in [-0.39, 0.29) is 61.4 Å². The molecular weight excluding hydrogens is 973 g/mol. The first-order valence-corrected chi connectivity index (χ1v) is 26.1. The van der Waals surface area contributed by atoms with Gasteiger partial charge in [-0.3, -0.25) is 28.6 Å². The molecule has 1 saturated heterocycles. The summed E-state index contributed by atoms with van der Waals surface area (Å²) in [6.45, 7) is 15.7. The first-order chi connectivity index (χ1) is 34.4. The number of likely N-dealkylation sites (tertiary alicyclic amines) is 1. The van der Waals surface area contributed by atoms with Crippen LogP contribution in [0.25, 0.3) is 26.6 Å². The second-order valence-electron chi connectivity index (χ2n) is 19.1. The van der Waals surface area contributed by atoms with Gasteiger partial charge < -0.3 is 25.4 Å². The standard InChI is InChI=1S/C54H57ClFN9O5S2/c1-28(2)49(53(69)63-27-42(66)22-45(63)52(68)59-32(6)35-9-11-37(12-10-35)50-29(3)17-18-71-50)64-26-39(25-58-64)38-19-41(56)21-43(20-38)70-30(4)24-57-46(67)23-44-51-62-61-34(8)65(51)54-47(31(5)33(7)72-54)48(60-44)36-13-15-40(55)16-14-36/h9-21,25-26,28,30,32,42,44-45,49,66H,22-24,27H2,1-8H3,(H,57,67)(H,59,68)/t30-,32-,42+,44-,45-,49?/m0/s1. The van der Waals surface area contributed by atoms with Crippen molar-refractivity contribution >= 4 is 57.7 Å². The molecule has 1 fully saturated rings.